The minimum atomic E-state index is 1.11. The van der Waals surface area contributed by atoms with Crippen molar-refractivity contribution in [3.63, 3.8) is 0 Å². The molecule has 0 amide bonds. The molecule has 0 saturated heterocycles. The van der Waals surface area contributed by atoms with Gasteiger partial charge in [0.1, 0.15) is 5.01 Å². The van der Waals surface area contributed by atoms with Gasteiger partial charge in [-0.05, 0) is 36.1 Å². The predicted octanol–water partition coefficient (Wildman–Crippen LogP) is 4.28. The maximum absolute atomic E-state index is 4.38. The average Bonchev–Trinajstić information content (AvgIpc) is 2.97. The monoisotopic (exact) mass is 360 g/mol. The topological polar surface area (TPSA) is 17.8 Å². The first-order valence-corrected chi connectivity index (χ1v) is 9.18. The van der Waals surface area contributed by atoms with E-state index in [1.165, 1.54) is 16.8 Å². The number of hydrogen-bond acceptors (Lipinski definition) is 3. The highest BCUT2D eigenvalue weighted by Crippen LogP contribution is 2.34. The van der Waals surface area contributed by atoms with E-state index >= 15 is 0 Å². The highest BCUT2D eigenvalue weighted by Gasteiger charge is 2.16. The van der Waals surface area contributed by atoms with Crippen molar-refractivity contribution >= 4 is 53.3 Å². The fraction of sp³-hybridized carbons (Fsp3) is 0.182. The summed E-state index contributed by atoms with van der Waals surface area (Å²) in [5, 5.41) is 3.20. The van der Waals surface area contributed by atoms with Gasteiger partial charge in [0.25, 0.3) is 0 Å². The number of aromatic nitrogens is 2. The molecule has 0 N–H and O–H groups in total. The Bertz CT molecular complexity index is 528. The molecular weight excluding hydrogens is 351 g/mol. The summed E-state index contributed by atoms with van der Waals surface area (Å²) in [5.41, 5.74) is 4.15. The van der Waals surface area contributed by atoms with Gasteiger partial charge in [-0.3, -0.25) is 3.97 Å². The van der Waals surface area contributed by atoms with Crippen LogP contribution in [0, 0.1) is 0 Å². The highest BCUT2D eigenvalue weighted by molar-refractivity contribution is 14.2. The Morgan fingerprint density at radius 1 is 1.44 bits per heavy atom. The molecule has 2 heterocycles. The summed E-state index contributed by atoms with van der Waals surface area (Å²) in [4.78, 5) is 4.38. The summed E-state index contributed by atoms with van der Waals surface area (Å²) in [6.07, 6.45) is 8.54. The van der Waals surface area contributed by atoms with Crippen LogP contribution in [0.2, 0.25) is 0 Å². The Balaban J connectivity index is 2.06. The third-order valence-electron chi connectivity index (χ3n) is 2.73. The van der Waals surface area contributed by atoms with Crippen molar-refractivity contribution < 1.29 is 0 Å². The molecule has 0 unspecified atom stereocenters. The summed E-state index contributed by atoms with van der Waals surface area (Å²) in [5.74, 6) is 0. The third kappa shape index (κ3) is 1.84. The van der Waals surface area contributed by atoms with Crippen LogP contribution in [0.5, 0.6) is 0 Å². The SMILES string of the molecule is ISn1ccc2c1C=C(c1nccs1)CC2. The molecule has 0 fully saturated rings. The molecule has 0 aliphatic heterocycles. The summed E-state index contributed by atoms with van der Waals surface area (Å²) in [7, 11) is 1.71. The van der Waals surface area contributed by atoms with Gasteiger partial charge in [-0.2, -0.15) is 0 Å². The molecule has 0 atom stereocenters. The number of thiazole rings is 1. The Kier molecular flexibility index (Phi) is 3.08. The Morgan fingerprint density at radius 2 is 2.38 bits per heavy atom. The molecule has 2 aromatic rings. The molecule has 0 aromatic carbocycles. The molecule has 0 radical (unpaired) electrons. The summed E-state index contributed by atoms with van der Waals surface area (Å²) < 4.78 is 2.21. The third-order valence-corrected chi connectivity index (χ3v) is 5.32. The fourth-order valence-corrected chi connectivity index (χ4v) is 4.02. The first-order valence-electron chi connectivity index (χ1n) is 4.98. The number of rotatable bonds is 2. The van der Waals surface area contributed by atoms with E-state index in [1.54, 1.807) is 20.5 Å². The number of halogens is 1. The van der Waals surface area contributed by atoms with E-state index < -0.39 is 0 Å². The van der Waals surface area contributed by atoms with Gasteiger partial charge in [0, 0.05) is 48.1 Å². The molecule has 0 saturated carbocycles. The second kappa shape index (κ2) is 4.54. The predicted molar refractivity (Wildman–Crippen MR) is 79.7 cm³/mol. The lowest BCUT2D eigenvalue weighted by molar-refractivity contribution is 0.993. The number of fused-ring (bicyclic) bond motifs is 1. The number of hydrogen-bond donors (Lipinski definition) is 0. The van der Waals surface area contributed by atoms with E-state index in [0.29, 0.717) is 0 Å². The van der Waals surface area contributed by atoms with Crippen molar-refractivity contribution in [3.05, 3.63) is 40.1 Å². The van der Waals surface area contributed by atoms with Crippen LogP contribution in [0.25, 0.3) is 11.6 Å². The van der Waals surface area contributed by atoms with Crippen LogP contribution in [0.15, 0.2) is 23.8 Å². The van der Waals surface area contributed by atoms with Crippen LogP contribution < -0.4 is 0 Å². The molecule has 1 aliphatic rings. The minimum absolute atomic E-state index is 1.11. The van der Waals surface area contributed by atoms with E-state index in [2.05, 4.69) is 48.5 Å². The lowest BCUT2D eigenvalue weighted by atomic mass is 9.98. The summed E-state index contributed by atoms with van der Waals surface area (Å²) >= 11 is 4.04. The van der Waals surface area contributed by atoms with Gasteiger partial charge in [0.2, 0.25) is 0 Å². The van der Waals surface area contributed by atoms with Crippen LogP contribution in [0.3, 0.4) is 0 Å². The van der Waals surface area contributed by atoms with Crippen LogP contribution in [0.4, 0.5) is 0 Å². The highest BCUT2D eigenvalue weighted by atomic mass is 127. The normalized spacial score (nSPS) is 14.7. The van der Waals surface area contributed by atoms with Crippen LogP contribution in [-0.2, 0) is 6.42 Å². The van der Waals surface area contributed by atoms with E-state index in [1.807, 2.05) is 11.6 Å². The van der Waals surface area contributed by atoms with Crippen molar-refractivity contribution in [1.29, 1.82) is 0 Å². The fourth-order valence-electron chi connectivity index (χ4n) is 1.95. The maximum atomic E-state index is 4.38. The van der Waals surface area contributed by atoms with Crippen molar-refractivity contribution in [3.8, 4) is 0 Å². The smallest absolute Gasteiger partial charge is 0.119 e. The largest absolute Gasteiger partial charge is 0.283 e. The van der Waals surface area contributed by atoms with Gasteiger partial charge in [-0.1, -0.05) is 0 Å². The minimum Gasteiger partial charge on any atom is -0.283 e. The van der Waals surface area contributed by atoms with Crippen LogP contribution in [-0.4, -0.2) is 8.96 Å². The van der Waals surface area contributed by atoms with Crippen molar-refractivity contribution in [2.75, 3.05) is 0 Å². The van der Waals surface area contributed by atoms with Crippen molar-refractivity contribution in [2.45, 2.75) is 12.8 Å². The van der Waals surface area contributed by atoms with Gasteiger partial charge in [0.15, 0.2) is 0 Å². The van der Waals surface area contributed by atoms with Gasteiger partial charge >= 0.3 is 0 Å². The first kappa shape index (κ1) is 10.9. The zero-order valence-corrected chi connectivity index (χ0v) is 12.2. The van der Waals surface area contributed by atoms with E-state index in [9.17, 15) is 0 Å². The Labute approximate surface area is 114 Å². The molecule has 0 bridgehead atoms. The Hall–Kier alpha value is -0.270. The molecule has 2 aromatic heterocycles. The van der Waals surface area contributed by atoms with Gasteiger partial charge in [-0.25, -0.2) is 4.98 Å². The van der Waals surface area contributed by atoms with Crippen LogP contribution in [0.1, 0.15) is 22.7 Å². The van der Waals surface area contributed by atoms with Crippen LogP contribution >= 0.6 is 41.7 Å². The van der Waals surface area contributed by atoms with E-state index in [4.69, 9.17) is 0 Å². The molecular formula is C11H9IN2S2. The molecule has 16 heavy (non-hydrogen) atoms. The quantitative estimate of drug-likeness (QED) is 0.744. The van der Waals surface area contributed by atoms with Gasteiger partial charge < -0.3 is 0 Å². The van der Waals surface area contributed by atoms with E-state index in [-0.39, 0.29) is 0 Å². The summed E-state index contributed by atoms with van der Waals surface area (Å²) in [6, 6.07) is 2.22. The molecule has 0 spiro atoms. The first-order chi connectivity index (χ1) is 7.88. The number of aryl methyl sites for hydroxylation is 1. The van der Waals surface area contributed by atoms with Gasteiger partial charge in [-0.15, -0.1) is 11.3 Å². The van der Waals surface area contributed by atoms with E-state index in [0.717, 1.165) is 17.8 Å². The lowest BCUT2D eigenvalue weighted by Crippen LogP contribution is -1.99. The van der Waals surface area contributed by atoms with Crippen molar-refractivity contribution in [1.82, 2.24) is 8.96 Å². The number of nitrogens with zero attached hydrogens (tertiary/aromatic N) is 2. The lowest BCUT2D eigenvalue weighted by Gasteiger charge is -2.13. The molecule has 1 aliphatic carbocycles. The maximum Gasteiger partial charge on any atom is 0.119 e. The standard InChI is InChI=1S/C11H9IN2S2/c12-16-14-5-3-8-1-2-9(7-10(8)14)11-13-4-6-15-11/h3-7H,1-2H2. The average molecular weight is 360 g/mol. The molecule has 2 nitrogen and oxygen atoms in total. The molecule has 82 valence electrons. The summed E-state index contributed by atoms with van der Waals surface area (Å²) in [6.45, 7) is 0. The zero-order valence-electron chi connectivity index (χ0n) is 8.39. The number of allylic oxidation sites excluding steroid dienone is 1. The second-order valence-corrected chi connectivity index (χ2v) is 6.24. The zero-order chi connectivity index (χ0) is 11.0. The van der Waals surface area contributed by atoms with Crippen molar-refractivity contribution in [2.24, 2.45) is 0 Å². The Morgan fingerprint density at radius 3 is 3.12 bits per heavy atom. The second-order valence-electron chi connectivity index (χ2n) is 3.63. The van der Waals surface area contributed by atoms with Gasteiger partial charge in [0.05, 0.1) is 5.69 Å². The molecule has 3 rings (SSSR count). The molecule has 5 heteroatoms.